The van der Waals surface area contributed by atoms with E-state index in [1.54, 1.807) is 7.11 Å². The Bertz CT molecular complexity index is 843. The van der Waals surface area contributed by atoms with Crippen molar-refractivity contribution >= 4 is 11.6 Å². The third-order valence-electron chi connectivity index (χ3n) is 5.63. The molecular weight excluding hydrogens is 378 g/mol. The molecule has 2 heterocycles. The molecule has 1 aliphatic carbocycles. The van der Waals surface area contributed by atoms with Gasteiger partial charge >= 0.3 is 0 Å². The lowest BCUT2D eigenvalue weighted by Crippen LogP contribution is -2.52. The van der Waals surface area contributed by atoms with Crippen LogP contribution in [0.25, 0.3) is 0 Å². The van der Waals surface area contributed by atoms with E-state index in [0.29, 0.717) is 12.4 Å². The molecule has 4 rings (SSSR count). The standard InChI is InChI=1S/C23H31N5O2/c1-24-23(26-16-19-9-10-22(25-15-19)30-17-18-7-8-18)28-13-11-27(12-14-28)20-5-3-4-6-21(20)29-2/h3-6,9-10,15,18H,7-8,11-14,16-17H2,1-2H3,(H,24,26). The molecule has 1 aromatic heterocycles. The lowest BCUT2D eigenvalue weighted by molar-refractivity contribution is 0.288. The number of anilines is 1. The molecule has 1 aromatic carbocycles. The van der Waals surface area contributed by atoms with E-state index in [4.69, 9.17) is 9.47 Å². The first-order valence-corrected chi connectivity index (χ1v) is 10.7. The first-order valence-electron chi connectivity index (χ1n) is 10.7. The molecule has 160 valence electrons. The van der Waals surface area contributed by atoms with Crippen LogP contribution < -0.4 is 19.7 Å². The minimum absolute atomic E-state index is 0.690. The molecular formula is C23H31N5O2. The topological polar surface area (TPSA) is 62.2 Å². The van der Waals surface area contributed by atoms with Crippen LogP contribution in [0.5, 0.6) is 11.6 Å². The number of nitrogens with zero attached hydrogens (tertiary/aromatic N) is 4. The van der Waals surface area contributed by atoms with Gasteiger partial charge in [-0.25, -0.2) is 4.98 Å². The Labute approximate surface area is 178 Å². The van der Waals surface area contributed by atoms with Gasteiger partial charge in [0.2, 0.25) is 5.88 Å². The second kappa shape index (κ2) is 9.69. The van der Waals surface area contributed by atoms with Crippen LogP contribution in [-0.4, -0.2) is 62.8 Å². The van der Waals surface area contributed by atoms with E-state index in [1.165, 1.54) is 12.8 Å². The molecule has 7 heteroatoms. The Morgan fingerprint density at radius 1 is 1.13 bits per heavy atom. The molecule has 1 N–H and O–H groups in total. The fourth-order valence-corrected chi connectivity index (χ4v) is 3.65. The van der Waals surface area contributed by atoms with Crippen molar-refractivity contribution in [2.45, 2.75) is 19.4 Å². The lowest BCUT2D eigenvalue weighted by Gasteiger charge is -2.38. The molecule has 0 amide bonds. The lowest BCUT2D eigenvalue weighted by atomic mass is 10.2. The molecule has 0 radical (unpaired) electrons. The number of nitrogens with one attached hydrogen (secondary N) is 1. The van der Waals surface area contributed by atoms with Crippen molar-refractivity contribution < 1.29 is 9.47 Å². The van der Waals surface area contributed by atoms with Crippen molar-refractivity contribution in [3.63, 3.8) is 0 Å². The number of piperazine rings is 1. The van der Waals surface area contributed by atoms with E-state index < -0.39 is 0 Å². The normalized spacial score (nSPS) is 17.1. The summed E-state index contributed by atoms with van der Waals surface area (Å²) < 4.78 is 11.2. The minimum atomic E-state index is 0.690. The zero-order valence-electron chi connectivity index (χ0n) is 17.9. The summed E-state index contributed by atoms with van der Waals surface area (Å²) in [6.45, 7) is 5.15. The highest BCUT2D eigenvalue weighted by atomic mass is 16.5. The molecule has 2 aromatic rings. The summed E-state index contributed by atoms with van der Waals surface area (Å²) in [6, 6.07) is 12.2. The van der Waals surface area contributed by atoms with Crippen LogP contribution in [0.15, 0.2) is 47.6 Å². The van der Waals surface area contributed by atoms with Crippen molar-refractivity contribution in [3.8, 4) is 11.6 Å². The fraction of sp³-hybridized carbons (Fsp3) is 0.478. The van der Waals surface area contributed by atoms with E-state index in [1.807, 2.05) is 31.4 Å². The van der Waals surface area contributed by atoms with Crippen molar-refractivity contribution in [1.82, 2.24) is 15.2 Å². The van der Waals surface area contributed by atoms with Crippen LogP contribution in [0, 0.1) is 5.92 Å². The third-order valence-corrected chi connectivity index (χ3v) is 5.63. The number of benzene rings is 1. The van der Waals surface area contributed by atoms with E-state index in [9.17, 15) is 0 Å². The molecule has 30 heavy (non-hydrogen) atoms. The highest BCUT2D eigenvalue weighted by molar-refractivity contribution is 5.80. The maximum Gasteiger partial charge on any atom is 0.213 e. The number of hydrogen-bond acceptors (Lipinski definition) is 5. The Morgan fingerprint density at radius 2 is 1.93 bits per heavy atom. The maximum atomic E-state index is 5.71. The van der Waals surface area contributed by atoms with Crippen LogP contribution >= 0.6 is 0 Å². The molecule has 0 bridgehead atoms. The summed E-state index contributed by atoms with van der Waals surface area (Å²) in [5, 5.41) is 3.46. The van der Waals surface area contributed by atoms with Gasteiger partial charge in [-0.05, 0) is 36.5 Å². The number of methoxy groups -OCH3 is 1. The van der Waals surface area contributed by atoms with Crippen LogP contribution in [0.2, 0.25) is 0 Å². The number of ether oxygens (including phenoxy) is 2. The van der Waals surface area contributed by atoms with Gasteiger partial charge < -0.3 is 24.6 Å². The van der Waals surface area contributed by atoms with Crippen molar-refractivity contribution in [2.75, 3.05) is 51.8 Å². The number of hydrogen-bond donors (Lipinski definition) is 1. The number of para-hydroxylation sites is 2. The van der Waals surface area contributed by atoms with Gasteiger partial charge in [0.1, 0.15) is 5.75 Å². The number of aromatic nitrogens is 1. The zero-order valence-corrected chi connectivity index (χ0v) is 17.9. The van der Waals surface area contributed by atoms with Crippen molar-refractivity contribution in [2.24, 2.45) is 10.9 Å². The maximum absolute atomic E-state index is 5.71. The van der Waals surface area contributed by atoms with Gasteiger partial charge in [-0.2, -0.15) is 0 Å². The Hall–Kier alpha value is -2.96. The number of guanidine groups is 1. The van der Waals surface area contributed by atoms with Crippen molar-refractivity contribution in [1.29, 1.82) is 0 Å². The van der Waals surface area contributed by atoms with Gasteiger partial charge in [0, 0.05) is 52.0 Å². The summed E-state index contributed by atoms with van der Waals surface area (Å²) in [7, 11) is 3.56. The monoisotopic (exact) mass is 409 g/mol. The average molecular weight is 410 g/mol. The highest BCUT2D eigenvalue weighted by Crippen LogP contribution is 2.29. The Kier molecular flexibility index (Phi) is 6.57. The van der Waals surface area contributed by atoms with Crippen LogP contribution in [0.4, 0.5) is 5.69 Å². The fourth-order valence-electron chi connectivity index (χ4n) is 3.65. The summed E-state index contributed by atoms with van der Waals surface area (Å²) in [5.74, 6) is 3.29. The van der Waals surface area contributed by atoms with Gasteiger partial charge in [-0.3, -0.25) is 4.99 Å². The molecule has 1 saturated carbocycles. The predicted octanol–water partition coefficient (Wildman–Crippen LogP) is 2.78. The van der Waals surface area contributed by atoms with Crippen LogP contribution in [0.3, 0.4) is 0 Å². The first kappa shape index (κ1) is 20.3. The van der Waals surface area contributed by atoms with Crippen molar-refractivity contribution in [3.05, 3.63) is 48.2 Å². The van der Waals surface area contributed by atoms with Gasteiger partial charge in [0.25, 0.3) is 0 Å². The van der Waals surface area contributed by atoms with Crippen LogP contribution in [-0.2, 0) is 6.54 Å². The van der Waals surface area contributed by atoms with E-state index >= 15 is 0 Å². The van der Waals surface area contributed by atoms with Gasteiger partial charge in [0.05, 0.1) is 19.4 Å². The quantitative estimate of drug-likeness (QED) is 0.561. The number of rotatable bonds is 7. The molecule has 0 spiro atoms. The molecule has 7 nitrogen and oxygen atoms in total. The van der Waals surface area contributed by atoms with Crippen LogP contribution in [0.1, 0.15) is 18.4 Å². The molecule has 2 fully saturated rings. The largest absolute Gasteiger partial charge is 0.495 e. The summed E-state index contributed by atoms with van der Waals surface area (Å²) in [5.41, 5.74) is 2.26. The molecule has 2 aliphatic rings. The van der Waals surface area contributed by atoms with Gasteiger partial charge in [-0.15, -0.1) is 0 Å². The molecule has 0 unspecified atom stereocenters. The van der Waals surface area contributed by atoms with Gasteiger partial charge in [0.15, 0.2) is 5.96 Å². The second-order valence-corrected chi connectivity index (χ2v) is 7.81. The molecule has 0 atom stereocenters. The number of aliphatic imine (C=N–C) groups is 1. The van der Waals surface area contributed by atoms with E-state index in [2.05, 4.69) is 43.3 Å². The average Bonchev–Trinajstić information content (AvgIpc) is 3.64. The highest BCUT2D eigenvalue weighted by Gasteiger charge is 2.22. The predicted molar refractivity (Wildman–Crippen MR) is 119 cm³/mol. The smallest absolute Gasteiger partial charge is 0.213 e. The second-order valence-electron chi connectivity index (χ2n) is 7.81. The zero-order chi connectivity index (χ0) is 20.8. The van der Waals surface area contributed by atoms with E-state index in [-0.39, 0.29) is 0 Å². The van der Waals surface area contributed by atoms with Gasteiger partial charge in [-0.1, -0.05) is 18.2 Å². The molecule has 1 saturated heterocycles. The van der Waals surface area contributed by atoms with E-state index in [0.717, 1.165) is 61.7 Å². The third kappa shape index (κ3) is 5.14. The Balaban J connectivity index is 1.26. The minimum Gasteiger partial charge on any atom is -0.495 e. The first-order chi connectivity index (χ1) is 14.8. The summed E-state index contributed by atoms with van der Waals surface area (Å²) in [4.78, 5) is 13.6. The number of pyridine rings is 1. The SMILES string of the molecule is CN=C(NCc1ccc(OCC2CC2)nc1)N1CCN(c2ccccc2OC)CC1. The summed E-state index contributed by atoms with van der Waals surface area (Å²) >= 11 is 0. The Morgan fingerprint density at radius 3 is 2.60 bits per heavy atom. The molecule has 1 aliphatic heterocycles. The summed E-state index contributed by atoms with van der Waals surface area (Å²) in [6.07, 6.45) is 4.45.